The van der Waals surface area contributed by atoms with Crippen molar-refractivity contribution < 1.29 is 19.1 Å². The highest BCUT2D eigenvalue weighted by Crippen LogP contribution is 2.31. The van der Waals surface area contributed by atoms with Gasteiger partial charge in [-0.15, -0.1) is 0 Å². The summed E-state index contributed by atoms with van der Waals surface area (Å²) in [4.78, 5) is 23.9. The van der Waals surface area contributed by atoms with Crippen LogP contribution < -0.4 is 5.32 Å². The van der Waals surface area contributed by atoms with E-state index in [4.69, 9.17) is 9.47 Å². The minimum absolute atomic E-state index is 0.122. The van der Waals surface area contributed by atoms with E-state index in [1.165, 1.54) is 83.5 Å². The van der Waals surface area contributed by atoms with Crippen molar-refractivity contribution in [1.29, 1.82) is 0 Å². The van der Waals surface area contributed by atoms with Crippen molar-refractivity contribution in [3.63, 3.8) is 0 Å². The molecular weight excluding hydrogens is 426 g/mol. The number of amides is 1. The number of carbonyl (C=O) groups is 2. The van der Waals surface area contributed by atoms with Crippen molar-refractivity contribution in [2.24, 2.45) is 11.8 Å². The highest BCUT2D eigenvalue weighted by atomic mass is 16.6. The molecule has 5 nitrogen and oxygen atoms in total. The molecule has 0 saturated carbocycles. The standard InChI is InChI=1S/C29H55NO4/c1-5-7-9-11-12-13-14-15-17-19-26(34-29(32)27(30-23-31)20-24(3)4)21-28-25(22-33-28)18-16-10-8-6-2/h23-28H,5-22H2,1-4H3,(H,30,31)/t25-,26-,27+,28+/m1/s1. The maximum atomic E-state index is 12.9. The molecule has 4 atom stereocenters. The summed E-state index contributed by atoms with van der Waals surface area (Å²) in [7, 11) is 0. The van der Waals surface area contributed by atoms with Gasteiger partial charge in [-0.2, -0.15) is 0 Å². The molecule has 0 radical (unpaired) electrons. The van der Waals surface area contributed by atoms with Gasteiger partial charge in [0, 0.05) is 12.3 Å². The highest BCUT2D eigenvalue weighted by Gasteiger charge is 2.35. The lowest BCUT2D eigenvalue weighted by molar-refractivity contribution is -0.164. The van der Waals surface area contributed by atoms with Gasteiger partial charge in [0.25, 0.3) is 0 Å². The second-order valence-corrected chi connectivity index (χ2v) is 10.9. The van der Waals surface area contributed by atoms with E-state index >= 15 is 0 Å². The van der Waals surface area contributed by atoms with Gasteiger partial charge in [-0.05, 0) is 31.6 Å². The summed E-state index contributed by atoms with van der Waals surface area (Å²) in [6, 6.07) is -0.560. The Morgan fingerprint density at radius 2 is 1.53 bits per heavy atom. The molecule has 1 heterocycles. The predicted octanol–water partition coefficient (Wildman–Crippen LogP) is 7.36. The van der Waals surface area contributed by atoms with Gasteiger partial charge >= 0.3 is 5.97 Å². The molecule has 0 aromatic rings. The van der Waals surface area contributed by atoms with Crippen LogP contribution in [0.4, 0.5) is 0 Å². The zero-order valence-corrected chi connectivity index (χ0v) is 22.8. The molecule has 0 aliphatic carbocycles. The molecule has 5 heteroatoms. The summed E-state index contributed by atoms with van der Waals surface area (Å²) in [6.07, 6.45) is 20.9. The molecule has 1 saturated heterocycles. The molecular formula is C29H55NO4. The molecule has 1 N–H and O–H groups in total. The SMILES string of the molecule is CCCCCCCCCCC[C@H](C[C@@H]1OC[C@H]1CCCCCC)OC(=O)[C@H](CC(C)C)NC=O. The number of rotatable bonds is 23. The van der Waals surface area contributed by atoms with E-state index < -0.39 is 6.04 Å². The van der Waals surface area contributed by atoms with Gasteiger partial charge in [-0.3, -0.25) is 4.79 Å². The smallest absolute Gasteiger partial charge is 0.328 e. The maximum Gasteiger partial charge on any atom is 0.328 e. The fourth-order valence-electron chi connectivity index (χ4n) is 4.93. The maximum absolute atomic E-state index is 12.9. The van der Waals surface area contributed by atoms with Crippen LogP contribution in [-0.2, 0) is 19.1 Å². The van der Waals surface area contributed by atoms with Crippen LogP contribution in [0.5, 0.6) is 0 Å². The summed E-state index contributed by atoms with van der Waals surface area (Å²) < 4.78 is 11.9. The Bertz CT molecular complexity index is 510. The number of carbonyl (C=O) groups excluding carboxylic acids is 2. The topological polar surface area (TPSA) is 64.6 Å². The summed E-state index contributed by atoms with van der Waals surface area (Å²) in [5.74, 6) is 0.615. The molecule has 34 heavy (non-hydrogen) atoms. The fourth-order valence-corrected chi connectivity index (χ4v) is 4.93. The molecule has 0 bridgehead atoms. The van der Waals surface area contributed by atoms with E-state index in [2.05, 4.69) is 33.0 Å². The minimum Gasteiger partial charge on any atom is -0.461 e. The highest BCUT2D eigenvalue weighted by molar-refractivity contribution is 5.78. The lowest BCUT2D eigenvalue weighted by Gasteiger charge is -2.39. The molecule has 200 valence electrons. The summed E-state index contributed by atoms with van der Waals surface area (Å²) in [6.45, 7) is 9.45. The molecule has 0 spiro atoms. The molecule has 1 aliphatic rings. The number of hydrogen-bond donors (Lipinski definition) is 1. The van der Waals surface area contributed by atoms with Gasteiger partial charge in [0.2, 0.25) is 6.41 Å². The van der Waals surface area contributed by atoms with Crippen LogP contribution >= 0.6 is 0 Å². The number of hydrogen-bond acceptors (Lipinski definition) is 4. The van der Waals surface area contributed by atoms with Crippen LogP contribution in [0.15, 0.2) is 0 Å². The first kappa shape index (κ1) is 30.9. The third kappa shape index (κ3) is 14.3. The van der Waals surface area contributed by atoms with E-state index in [9.17, 15) is 9.59 Å². The van der Waals surface area contributed by atoms with Crippen molar-refractivity contribution in [2.45, 2.75) is 155 Å². The first-order chi connectivity index (χ1) is 16.5. The minimum atomic E-state index is -0.560. The zero-order valence-electron chi connectivity index (χ0n) is 22.8. The number of ether oxygens (including phenoxy) is 2. The van der Waals surface area contributed by atoms with E-state index in [0.717, 1.165) is 25.9 Å². The van der Waals surface area contributed by atoms with Gasteiger partial charge in [0.05, 0.1) is 12.7 Å². The normalized spacial score (nSPS) is 19.4. The van der Waals surface area contributed by atoms with E-state index in [-0.39, 0.29) is 18.2 Å². The summed E-state index contributed by atoms with van der Waals surface area (Å²) in [5.41, 5.74) is 0. The van der Waals surface area contributed by atoms with Gasteiger partial charge in [0.1, 0.15) is 12.1 Å². The lowest BCUT2D eigenvalue weighted by atomic mass is 9.87. The van der Waals surface area contributed by atoms with Gasteiger partial charge < -0.3 is 14.8 Å². The number of esters is 1. The molecule has 1 fully saturated rings. The monoisotopic (exact) mass is 481 g/mol. The Labute approximate surface area is 210 Å². The second-order valence-electron chi connectivity index (χ2n) is 10.9. The van der Waals surface area contributed by atoms with Crippen molar-refractivity contribution >= 4 is 12.4 Å². The van der Waals surface area contributed by atoms with Crippen LogP contribution in [0, 0.1) is 11.8 Å². The Kier molecular flexibility index (Phi) is 18.3. The van der Waals surface area contributed by atoms with Crippen LogP contribution in [-0.4, -0.2) is 37.2 Å². The second kappa shape index (κ2) is 20.1. The van der Waals surface area contributed by atoms with E-state index in [0.29, 0.717) is 24.7 Å². The third-order valence-electron chi connectivity index (χ3n) is 7.15. The quantitative estimate of drug-likeness (QED) is 0.0941. The van der Waals surface area contributed by atoms with Crippen LogP contribution in [0.25, 0.3) is 0 Å². The Morgan fingerprint density at radius 1 is 0.941 bits per heavy atom. The summed E-state index contributed by atoms with van der Waals surface area (Å²) >= 11 is 0. The van der Waals surface area contributed by atoms with Gasteiger partial charge in [-0.1, -0.05) is 105 Å². The fraction of sp³-hybridized carbons (Fsp3) is 0.931. The Hall–Kier alpha value is -1.10. The van der Waals surface area contributed by atoms with Gasteiger partial charge in [0.15, 0.2) is 0 Å². The third-order valence-corrected chi connectivity index (χ3v) is 7.15. The van der Waals surface area contributed by atoms with Crippen LogP contribution in [0.2, 0.25) is 0 Å². The number of unbranched alkanes of at least 4 members (excludes halogenated alkanes) is 11. The first-order valence-corrected chi connectivity index (χ1v) is 14.5. The zero-order chi connectivity index (χ0) is 25.0. The molecule has 1 rings (SSSR count). The van der Waals surface area contributed by atoms with Gasteiger partial charge in [-0.25, -0.2) is 4.79 Å². The first-order valence-electron chi connectivity index (χ1n) is 14.5. The van der Waals surface area contributed by atoms with Crippen molar-refractivity contribution in [3.8, 4) is 0 Å². The number of nitrogens with one attached hydrogen (secondary N) is 1. The largest absolute Gasteiger partial charge is 0.461 e. The predicted molar refractivity (Wildman–Crippen MR) is 141 cm³/mol. The molecule has 0 unspecified atom stereocenters. The van der Waals surface area contributed by atoms with E-state index in [1.54, 1.807) is 0 Å². The average Bonchev–Trinajstić information content (AvgIpc) is 2.79. The average molecular weight is 482 g/mol. The molecule has 1 aliphatic heterocycles. The molecule has 0 aromatic heterocycles. The van der Waals surface area contributed by atoms with Crippen molar-refractivity contribution in [2.75, 3.05) is 6.61 Å². The van der Waals surface area contributed by atoms with Crippen molar-refractivity contribution in [1.82, 2.24) is 5.32 Å². The molecule has 1 amide bonds. The summed E-state index contributed by atoms with van der Waals surface area (Å²) in [5, 5.41) is 2.67. The Morgan fingerprint density at radius 3 is 2.06 bits per heavy atom. The molecule has 0 aromatic carbocycles. The Balaban J connectivity index is 2.50. The lowest BCUT2D eigenvalue weighted by Crippen LogP contribution is -2.44. The van der Waals surface area contributed by atoms with Crippen LogP contribution in [0.3, 0.4) is 0 Å². The van der Waals surface area contributed by atoms with Crippen molar-refractivity contribution in [3.05, 3.63) is 0 Å². The van der Waals surface area contributed by atoms with E-state index in [1.807, 2.05) is 0 Å². The van der Waals surface area contributed by atoms with Crippen LogP contribution in [0.1, 0.15) is 137 Å².